The Morgan fingerprint density at radius 3 is 2.61 bits per heavy atom. The topological polar surface area (TPSA) is 34.1 Å². The van der Waals surface area contributed by atoms with Gasteiger partial charge in [0.05, 0.1) is 19.2 Å². The predicted octanol–water partition coefficient (Wildman–Crippen LogP) is 2.83. The van der Waals surface area contributed by atoms with Crippen LogP contribution in [0.25, 0.3) is 0 Å². The minimum absolute atomic E-state index is 0.287. The highest BCUT2D eigenvalue weighted by Crippen LogP contribution is 2.21. The fourth-order valence-electron chi connectivity index (χ4n) is 1.61. The number of pyridine rings is 1. The Morgan fingerprint density at radius 2 is 2.06 bits per heavy atom. The Labute approximate surface area is 104 Å². The van der Waals surface area contributed by atoms with Crippen LogP contribution in [0.1, 0.15) is 24.7 Å². The van der Waals surface area contributed by atoms with Crippen LogP contribution in [0.3, 0.4) is 0 Å². The molecule has 0 amide bonds. The van der Waals surface area contributed by atoms with Crippen molar-refractivity contribution in [2.75, 3.05) is 7.11 Å². The lowest BCUT2D eigenvalue weighted by atomic mass is 10.2. The first-order valence-corrected chi connectivity index (χ1v) is 5.62. The fraction of sp³-hybridized carbons (Fsp3) is 0.583. The molecule has 1 aromatic heterocycles. The quantitative estimate of drug-likeness (QED) is 0.886. The fourth-order valence-corrected chi connectivity index (χ4v) is 1.61. The van der Waals surface area contributed by atoms with E-state index < -0.39 is 18.6 Å². The largest absolute Gasteiger partial charge is 0.497 e. The number of hydrogen-bond donors (Lipinski definition) is 1. The maximum atomic E-state index is 12.1. The molecule has 0 aliphatic carbocycles. The lowest BCUT2D eigenvalue weighted by molar-refractivity contribution is -0.139. The molecule has 0 saturated heterocycles. The van der Waals surface area contributed by atoms with E-state index in [9.17, 15) is 13.2 Å². The Morgan fingerprint density at radius 1 is 1.39 bits per heavy atom. The zero-order valence-corrected chi connectivity index (χ0v) is 10.6. The molecule has 0 bridgehead atoms. The van der Waals surface area contributed by atoms with E-state index in [2.05, 4.69) is 10.3 Å². The van der Waals surface area contributed by atoms with Gasteiger partial charge in [-0.2, -0.15) is 13.2 Å². The van der Waals surface area contributed by atoms with E-state index in [0.717, 1.165) is 5.69 Å². The highest BCUT2D eigenvalue weighted by atomic mass is 19.4. The summed E-state index contributed by atoms with van der Waals surface area (Å²) in [6, 6.07) is 2.83. The van der Waals surface area contributed by atoms with Crippen LogP contribution in [-0.2, 0) is 6.54 Å². The summed E-state index contributed by atoms with van der Waals surface area (Å²) in [5.74, 6) is 0.655. The van der Waals surface area contributed by atoms with Gasteiger partial charge in [0, 0.05) is 30.4 Å². The van der Waals surface area contributed by atoms with Crippen molar-refractivity contribution in [1.29, 1.82) is 0 Å². The van der Waals surface area contributed by atoms with Crippen molar-refractivity contribution in [2.24, 2.45) is 0 Å². The van der Waals surface area contributed by atoms with Crippen LogP contribution < -0.4 is 10.1 Å². The lowest BCUT2D eigenvalue weighted by Gasteiger charge is -2.15. The summed E-state index contributed by atoms with van der Waals surface area (Å²) in [6.07, 6.45) is -5.00. The van der Waals surface area contributed by atoms with E-state index in [1.807, 2.05) is 6.92 Å². The van der Waals surface area contributed by atoms with Gasteiger partial charge in [-0.25, -0.2) is 0 Å². The molecule has 0 aromatic carbocycles. The Bertz CT molecular complexity index is 393. The molecule has 1 heterocycles. The number of nitrogens with one attached hydrogen (secondary N) is 1. The maximum absolute atomic E-state index is 12.1. The van der Waals surface area contributed by atoms with Crippen LogP contribution in [0.2, 0.25) is 0 Å². The van der Waals surface area contributed by atoms with E-state index in [4.69, 9.17) is 4.74 Å². The van der Waals surface area contributed by atoms with Gasteiger partial charge in [-0.15, -0.1) is 0 Å². The lowest BCUT2D eigenvalue weighted by Crippen LogP contribution is -2.31. The molecule has 3 nitrogen and oxygen atoms in total. The SMILES string of the molecule is COc1cc(C)nc(CNC(C)CC(F)(F)F)c1. The van der Waals surface area contributed by atoms with Crippen molar-refractivity contribution < 1.29 is 17.9 Å². The molecule has 0 spiro atoms. The molecule has 0 fully saturated rings. The van der Waals surface area contributed by atoms with Gasteiger partial charge in [0.25, 0.3) is 0 Å². The average Bonchev–Trinajstić information content (AvgIpc) is 2.23. The monoisotopic (exact) mass is 262 g/mol. The van der Waals surface area contributed by atoms with Crippen LogP contribution >= 0.6 is 0 Å². The highest BCUT2D eigenvalue weighted by Gasteiger charge is 2.29. The first-order valence-electron chi connectivity index (χ1n) is 5.62. The second-order valence-electron chi connectivity index (χ2n) is 4.24. The Balaban J connectivity index is 2.55. The summed E-state index contributed by atoms with van der Waals surface area (Å²) >= 11 is 0. The third-order valence-electron chi connectivity index (χ3n) is 2.38. The summed E-state index contributed by atoms with van der Waals surface area (Å²) in [6.45, 7) is 3.60. The second kappa shape index (κ2) is 6.04. The molecule has 0 saturated carbocycles. The molecule has 1 unspecified atom stereocenters. The normalized spacial score (nSPS) is 13.4. The summed E-state index contributed by atoms with van der Waals surface area (Å²) in [4.78, 5) is 4.23. The number of aromatic nitrogens is 1. The van der Waals surface area contributed by atoms with Crippen molar-refractivity contribution in [2.45, 2.75) is 39.0 Å². The molecule has 1 rings (SSSR count). The minimum atomic E-state index is -4.15. The van der Waals surface area contributed by atoms with Gasteiger partial charge in [-0.3, -0.25) is 4.98 Å². The molecule has 1 N–H and O–H groups in total. The number of methoxy groups -OCH3 is 1. The number of aryl methyl sites for hydroxylation is 1. The first kappa shape index (κ1) is 14.8. The van der Waals surface area contributed by atoms with Gasteiger partial charge in [-0.05, 0) is 13.8 Å². The van der Waals surface area contributed by atoms with Gasteiger partial charge >= 0.3 is 6.18 Å². The van der Waals surface area contributed by atoms with Crippen LogP contribution in [-0.4, -0.2) is 24.3 Å². The molecule has 18 heavy (non-hydrogen) atoms. The number of alkyl halides is 3. The third kappa shape index (κ3) is 5.35. The van der Waals surface area contributed by atoms with Crippen LogP contribution in [0, 0.1) is 6.92 Å². The molecule has 1 aromatic rings. The highest BCUT2D eigenvalue weighted by molar-refractivity contribution is 5.26. The zero-order chi connectivity index (χ0) is 13.8. The smallest absolute Gasteiger partial charge is 0.390 e. The number of ether oxygens (including phenoxy) is 1. The summed E-state index contributed by atoms with van der Waals surface area (Å²) in [7, 11) is 1.54. The standard InChI is InChI=1S/C12H17F3N2O/c1-8-4-11(18-3)5-10(17-8)7-16-9(2)6-12(13,14)15/h4-5,9,16H,6-7H2,1-3H3. The summed E-state index contributed by atoms with van der Waals surface area (Å²) in [5, 5.41) is 2.80. The van der Waals surface area contributed by atoms with Gasteiger partial charge in [0.1, 0.15) is 5.75 Å². The molecule has 102 valence electrons. The van der Waals surface area contributed by atoms with Crippen molar-refractivity contribution in [3.63, 3.8) is 0 Å². The molecule has 1 atom stereocenters. The molecule has 0 aliphatic heterocycles. The van der Waals surface area contributed by atoms with E-state index in [-0.39, 0.29) is 6.54 Å². The van der Waals surface area contributed by atoms with Crippen molar-refractivity contribution in [3.05, 3.63) is 23.5 Å². The Kier molecular flexibility index (Phi) is 4.95. The molecule has 0 radical (unpaired) electrons. The Hall–Kier alpha value is -1.30. The predicted molar refractivity (Wildman–Crippen MR) is 62.5 cm³/mol. The molecular formula is C12H17F3N2O. The van der Waals surface area contributed by atoms with Crippen LogP contribution in [0.5, 0.6) is 5.75 Å². The maximum Gasteiger partial charge on any atom is 0.390 e. The summed E-state index contributed by atoms with van der Waals surface area (Å²) in [5.41, 5.74) is 1.44. The number of nitrogens with zero attached hydrogens (tertiary/aromatic N) is 1. The second-order valence-corrected chi connectivity index (χ2v) is 4.24. The van der Waals surface area contributed by atoms with Crippen molar-refractivity contribution in [1.82, 2.24) is 10.3 Å². The van der Waals surface area contributed by atoms with Crippen LogP contribution in [0.4, 0.5) is 13.2 Å². The van der Waals surface area contributed by atoms with E-state index in [1.54, 1.807) is 12.1 Å². The van der Waals surface area contributed by atoms with Gasteiger partial charge in [-0.1, -0.05) is 0 Å². The number of halogens is 3. The van der Waals surface area contributed by atoms with Gasteiger partial charge < -0.3 is 10.1 Å². The molecule has 6 heteroatoms. The zero-order valence-electron chi connectivity index (χ0n) is 10.6. The molecular weight excluding hydrogens is 245 g/mol. The third-order valence-corrected chi connectivity index (χ3v) is 2.38. The van der Waals surface area contributed by atoms with E-state index in [1.165, 1.54) is 14.0 Å². The van der Waals surface area contributed by atoms with Gasteiger partial charge in [0.15, 0.2) is 0 Å². The van der Waals surface area contributed by atoms with E-state index in [0.29, 0.717) is 11.4 Å². The van der Waals surface area contributed by atoms with E-state index >= 15 is 0 Å². The van der Waals surface area contributed by atoms with Crippen molar-refractivity contribution >= 4 is 0 Å². The minimum Gasteiger partial charge on any atom is -0.497 e. The molecule has 0 aliphatic rings. The first-order chi connectivity index (χ1) is 8.30. The number of rotatable bonds is 5. The average molecular weight is 262 g/mol. The summed E-state index contributed by atoms with van der Waals surface area (Å²) < 4.78 is 41.5. The van der Waals surface area contributed by atoms with Gasteiger partial charge in [0.2, 0.25) is 0 Å². The number of hydrogen-bond acceptors (Lipinski definition) is 3. The van der Waals surface area contributed by atoms with Crippen LogP contribution in [0.15, 0.2) is 12.1 Å². The van der Waals surface area contributed by atoms with Crippen molar-refractivity contribution in [3.8, 4) is 5.75 Å².